The van der Waals surface area contributed by atoms with Crippen molar-refractivity contribution in [3.8, 4) is 33.4 Å². The van der Waals surface area contributed by atoms with Crippen LogP contribution in [0.25, 0.3) is 110 Å². The summed E-state index contributed by atoms with van der Waals surface area (Å²) in [5, 5.41) is 8.82. The van der Waals surface area contributed by atoms with Gasteiger partial charge in [0, 0.05) is 71.5 Å². The summed E-state index contributed by atoms with van der Waals surface area (Å²) in [7, 11) is 0. The lowest BCUT2D eigenvalue weighted by atomic mass is 9.82. The molecule has 0 atom stereocenters. The van der Waals surface area contributed by atoms with Crippen LogP contribution in [0.1, 0.15) is 25.0 Å². The number of hydrogen-bond acceptors (Lipinski definition) is 4. The molecule has 3 aromatic heterocycles. The molecule has 0 aliphatic heterocycles. The van der Waals surface area contributed by atoms with Crippen molar-refractivity contribution in [3.63, 3.8) is 0 Å². The molecule has 1 aliphatic rings. The highest BCUT2D eigenvalue weighted by Gasteiger charge is 2.36. The molecule has 0 unspecified atom stereocenters. The highest BCUT2D eigenvalue weighted by atomic mass is 16.3. The molecule has 0 bridgehead atoms. The Hall–Kier alpha value is -8.34. The summed E-state index contributed by atoms with van der Waals surface area (Å²) in [5.74, 6) is 0. The van der Waals surface area contributed by atoms with E-state index in [1.165, 1.54) is 22.3 Å². The Morgan fingerprint density at radius 3 is 1.65 bits per heavy atom. The highest BCUT2D eigenvalue weighted by molar-refractivity contribution is 6.22. The normalized spacial score (nSPS) is 13.2. The summed E-state index contributed by atoms with van der Waals surface area (Å²) in [6.45, 7) is 4.69. The number of furan rings is 3. The second kappa shape index (κ2) is 13.3. The van der Waals surface area contributed by atoms with Gasteiger partial charge in [0.1, 0.15) is 33.5 Å². The van der Waals surface area contributed by atoms with Crippen LogP contribution in [0.2, 0.25) is 0 Å². The predicted molar refractivity (Wildman–Crippen MR) is 269 cm³/mol. The van der Waals surface area contributed by atoms with Gasteiger partial charge in [0.25, 0.3) is 0 Å². The second-order valence-corrected chi connectivity index (χ2v) is 18.0. The molecule has 3 heterocycles. The minimum absolute atomic E-state index is 0.159. The summed E-state index contributed by atoms with van der Waals surface area (Å²) in [4.78, 5) is 2.39. The molecule has 1 aliphatic carbocycles. The van der Waals surface area contributed by atoms with Crippen molar-refractivity contribution in [2.75, 3.05) is 4.90 Å². The van der Waals surface area contributed by atoms with Crippen molar-refractivity contribution in [2.24, 2.45) is 0 Å². The van der Waals surface area contributed by atoms with Crippen LogP contribution in [0.3, 0.4) is 0 Å². The quantitative estimate of drug-likeness (QED) is 0.173. The first-order chi connectivity index (χ1) is 32.0. The minimum Gasteiger partial charge on any atom is -0.455 e. The molecule has 0 spiro atoms. The van der Waals surface area contributed by atoms with Crippen LogP contribution in [0, 0.1) is 0 Å². The first kappa shape index (κ1) is 36.2. The number of anilines is 3. The standard InChI is InChI=1S/C61H39NO3/c1-61(2)52-22-8-5-15-43(52)44-31-29-40(35-53(44)61)62(38-27-25-36(26-28-38)42-18-11-19-47-45-16-6-9-23-54(45)63-58(42)47)39-30-32-56-50(34-39)51-33-37-13-3-4-14-41(37)57(60(51)65-56)49-21-12-20-48-46-17-7-10-24-55(46)64-59(48)49/h3-35H,1-2H3. The van der Waals surface area contributed by atoms with Crippen molar-refractivity contribution < 1.29 is 13.3 Å². The van der Waals surface area contributed by atoms with E-state index < -0.39 is 0 Å². The molecule has 4 heteroatoms. The molecular formula is C61H39NO3. The lowest BCUT2D eigenvalue weighted by Gasteiger charge is -2.28. The van der Waals surface area contributed by atoms with Crippen molar-refractivity contribution in [1.29, 1.82) is 0 Å². The zero-order chi connectivity index (χ0) is 43.0. The van der Waals surface area contributed by atoms with Gasteiger partial charge in [-0.3, -0.25) is 0 Å². The SMILES string of the molecule is CC1(C)c2ccccc2-c2ccc(N(c3ccc(-c4cccc5c4oc4ccccc45)cc3)c3ccc4oc5c(-c6cccc7c6oc6ccccc67)c6ccccc6cc5c4c3)cc21. The fourth-order valence-electron chi connectivity index (χ4n) is 11.0. The smallest absolute Gasteiger partial charge is 0.144 e. The minimum atomic E-state index is -0.159. The molecular weight excluding hydrogens is 795 g/mol. The molecule has 306 valence electrons. The molecule has 0 N–H and O–H groups in total. The second-order valence-electron chi connectivity index (χ2n) is 18.0. The summed E-state index contributed by atoms with van der Waals surface area (Å²) in [5.41, 5.74) is 17.7. The Bertz CT molecular complexity index is 4100. The first-order valence-corrected chi connectivity index (χ1v) is 22.3. The van der Waals surface area contributed by atoms with E-state index in [1.54, 1.807) is 0 Å². The maximum atomic E-state index is 6.99. The van der Waals surface area contributed by atoms with E-state index in [9.17, 15) is 0 Å². The third-order valence-electron chi connectivity index (χ3n) is 14.1. The van der Waals surface area contributed by atoms with E-state index in [0.29, 0.717) is 0 Å². The number of benzene rings is 10. The molecule has 0 saturated heterocycles. The van der Waals surface area contributed by atoms with Crippen LogP contribution in [0.5, 0.6) is 0 Å². The summed E-state index contributed by atoms with van der Waals surface area (Å²) < 4.78 is 20.1. The van der Waals surface area contributed by atoms with Crippen molar-refractivity contribution in [3.05, 3.63) is 211 Å². The van der Waals surface area contributed by atoms with Gasteiger partial charge in [0.05, 0.1) is 0 Å². The van der Waals surface area contributed by atoms with Crippen molar-refractivity contribution in [1.82, 2.24) is 0 Å². The first-order valence-electron chi connectivity index (χ1n) is 22.3. The van der Waals surface area contributed by atoms with Gasteiger partial charge in [-0.25, -0.2) is 0 Å². The lowest BCUT2D eigenvalue weighted by Crippen LogP contribution is -2.16. The van der Waals surface area contributed by atoms with Gasteiger partial charge in [0.15, 0.2) is 0 Å². The number of rotatable bonds is 5. The molecule has 13 aromatic rings. The number of para-hydroxylation sites is 4. The molecule has 4 nitrogen and oxygen atoms in total. The molecule has 0 saturated carbocycles. The Labute approximate surface area is 374 Å². The summed E-state index contributed by atoms with van der Waals surface area (Å²) >= 11 is 0. The average molecular weight is 834 g/mol. The van der Waals surface area contributed by atoms with Gasteiger partial charge < -0.3 is 18.2 Å². The predicted octanol–water partition coefficient (Wildman–Crippen LogP) is 17.6. The van der Waals surface area contributed by atoms with Gasteiger partial charge in [-0.2, -0.15) is 0 Å². The average Bonchev–Trinajstić information content (AvgIpc) is 4.09. The van der Waals surface area contributed by atoms with Gasteiger partial charge in [-0.05, 0) is 99.3 Å². The van der Waals surface area contributed by atoms with E-state index >= 15 is 0 Å². The maximum absolute atomic E-state index is 6.99. The molecule has 0 amide bonds. The third kappa shape index (κ3) is 5.19. The molecule has 0 fully saturated rings. The summed E-state index contributed by atoms with van der Waals surface area (Å²) in [6, 6.07) is 71.7. The van der Waals surface area contributed by atoms with Crippen molar-refractivity contribution >= 4 is 93.7 Å². The monoisotopic (exact) mass is 833 g/mol. The summed E-state index contributed by atoms with van der Waals surface area (Å²) in [6.07, 6.45) is 0. The number of fused-ring (bicyclic) bond motifs is 13. The fraction of sp³-hybridized carbons (Fsp3) is 0.0492. The zero-order valence-electron chi connectivity index (χ0n) is 35.7. The van der Waals surface area contributed by atoms with Crippen LogP contribution in [-0.2, 0) is 5.41 Å². The molecule has 65 heavy (non-hydrogen) atoms. The van der Waals surface area contributed by atoms with Gasteiger partial charge in [0.2, 0.25) is 0 Å². The number of hydrogen-bond donors (Lipinski definition) is 0. The molecule has 10 aromatic carbocycles. The highest BCUT2D eigenvalue weighted by Crippen LogP contribution is 2.52. The Balaban J connectivity index is 0.972. The van der Waals surface area contributed by atoms with E-state index in [4.69, 9.17) is 13.3 Å². The van der Waals surface area contributed by atoms with E-state index in [1.807, 2.05) is 24.3 Å². The number of nitrogens with zero attached hydrogens (tertiary/aromatic N) is 1. The fourth-order valence-corrected chi connectivity index (χ4v) is 11.0. The van der Waals surface area contributed by atoms with Crippen LogP contribution in [-0.4, -0.2) is 0 Å². The largest absolute Gasteiger partial charge is 0.455 e. The van der Waals surface area contributed by atoms with Crippen LogP contribution in [0.4, 0.5) is 17.1 Å². The van der Waals surface area contributed by atoms with E-state index in [-0.39, 0.29) is 5.41 Å². The Morgan fingerprint density at radius 2 is 0.877 bits per heavy atom. The third-order valence-corrected chi connectivity index (χ3v) is 14.1. The van der Waals surface area contributed by atoms with E-state index in [0.717, 1.165) is 116 Å². The van der Waals surface area contributed by atoms with Gasteiger partial charge >= 0.3 is 0 Å². The van der Waals surface area contributed by atoms with Crippen LogP contribution >= 0.6 is 0 Å². The Morgan fingerprint density at radius 1 is 0.338 bits per heavy atom. The lowest BCUT2D eigenvalue weighted by molar-refractivity contribution is 0.660. The maximum Gasteiger partial charge on any atom is 0.144 e. The Kier molecular flexibility index (Phi) is 7.42. The molecule has 14 rings (SSSR count). The van der Waals surface area contributed by atoms with Gasteiger partial charge in [-0.15, -0.1) is 0 Å². The van der Waals surface area contributed by atoms with Gasteiger partial charge in [-0.1, -0.05) is 153 Å². The molecule has 0 radical (unpaired) electrons. The van der Waals surface area contributed by atoms with Crippen LogP contribution in [0.15, 0.2) is 213 Å². The zero-order valence-corrected chi connectivity index (χ0v) is 35.7. The van der Waals surface area contributed by atoms with E-state index in [2.05, 4.69) is 195 Å². The van der Waals surface area contributed by atoms with Crippen LogP contribution < -0.4 is 4.90 Å². The van der Waals surface area contributed by atoms with Crippen molar-refractivity contribution in [2.45, 2.75) is 19.3 Å². The topological polar surface area (TPSA) is 42.7 Å².